The summed E-state index contributed by atoms with van der Waals surface area (Å²) < 4.78 is 10.1. The highest BCUT2D eigenvalue weighted by molar-refractivity contribution is 5.74. The summed E-state index contributed by atoms with van der Waals surface area (Å²) in [6, 6.07) is 9.48. The lowest BCUT2D eigenvalue weighted by atomic mass is 10.2. The van der Waals surface area contributed by atoms with Crippen molar-refractivity contribution in [2.24, 2.45) is 0 Å². The lowest BCUT2D eigenvalue weighted by Crippen LogP contribution is -2.18. The molecule has 0 saturated heterocycles. The zero-order valence-corrected chi connectivity index (χ0v) is 12.5. The highest BCUT2D eigenvalue weighted by atomic mass is 16.6. The maximum atomic E-state index is 11.7. The van der Waals surface area contributed by atoms with Crippen LogP contribution >= 0.6 is 0 Å². The summed E-state index contributed by atoms with van der Waals surface area (Å²) >= 11 is 0. The van der Waals surface area contributed by atoms with Gasteiger partial charge in [-0.15, -0.1) is 0 Å². The number of carbonyl (C=O) groups excluding carboxylic acids is 1. The lowest BCUT2D eigenvalue weighted by molar-refractivity contribution is -0.385. The van der Waals surface area contributed by atoms with Crippen molar-refractivity contribution in [1.29, 1.82) is 0 Å². The Morgan fingerprint density at radius 2 is 1.71 bits per heavy atom. The Kier molecular flexibility index (Phi) is 5.05. The molecular formula is C15H12N2O7. The maximum Gasteiger partial charge on any atom is 0.349 e. The molecule has 2 rings (SSSR count). The van der Waals surface area contributed by atoms with E-state index in [1.807, 2.05) is 0 Å². The van der Waals surface area contributed by atoms with E-state index in [1.54, 1.807) is 0 Å². The Morgan fingerprint density at radius 3 is 2.33 bits per heavy atom. The monoisotopic (exact) mass is 332 g/mol. The highest BCUT2D eigenvalue weighted by Crippen LogP contribution is 2.26. The van der Waals surface area contributed by atoms with Gasteiger partial charge in [0, 0.05) is 17.7 Å². The quantitative estimate of drug-likeness (QED) is 0.345. The first kappa shape index (κ1) is 16.9. The normalized spacial score (nSPS) is 10.0. The molecule has 0 fully saturated rings. The van der Waals surface area contributed by atoms with Gasteiger partial charge in [0.1, 0.15) is 5.75 Å². The molecule has 0 spiro atoms. The summed E-state index contributed by atoms with van der Waals surface area (Å²) in [7, 11) is 0. The predicted molar refractivity (Wildman–Crippen MR) is 82.1 cm³/mol. The first-order valence-corrected chi connectivity index (χ1v) is 6.70. The van der Waals surface area contributed by atoms with Crippen molar-refractivity contribution in [2.45, 2.75) is 6.92 Å². The second-order valence-corrected chi connectivity index (χ2v) is 4.69. The summed E-state index contributed by atoms with van der Waals surface area (Å²) in [6.45, 7) is 0.972. The zero-order chi connectivity index (χ0) is 17.7. The summed E-state index contributed by atoms with van der Waals surface area (Å²) in [5.74, 6) is -0.727. The number of ether oxygens (including phenoxy) is 2. The molecule has 0 amide bonds. The van der Waals surface area contributed by atoms with Gasteiger partial charge in [0.15, 0.2) is 12.4 Å². The van der Waals surface area contributed by atoms with Crippen LogP contribution in [-0.2, 0) is 4.79 Å². The minimum Gasteiger partial charge on any atom is -0.475 e. The number of carbonyl (C=O) groups is 1. The molecule has 2 aromatic rings. The van der Waals surface area contributed by atoms with Crippen LogP contribution < -0.4 is 9.47 Å². The van der Waals surface area contributed by atoms with E-state index in [-0.39, 0.29) is 22.9 Å². The number of esters is 1. The van der Waals surface area contributed by atoms with E-state index in [0.29, 0.717) is 5.56 Å². The van der Waals surface area contributed by atoms with Crippen LogP contribution in [-0.4, -0.2) is 22.4 Å². The molecule has 0 N–H and O–H groups in total. The Morgan fingerprint density at radius 1 is 1.04 bits per heavy atom. The first-order valence-electron chi connectivity index (χ1n) is 6.70. The molecule has 0 atom stereocenters. The van der Waals surface area contributed by atoms with E-state index < -0.39 is 22.4 Å². The molecule has 9 nitrogen and oxygen atoms in total. The van der Waals surface area contributed by atoms with Gasteiger partial charge in [-0.3, -0.25) is 20.2 Å². The van der Waals surface area contributed by atoms with Crippen LogP contribution in [0.15, 0.2) is 42.5 Å². The topological polar surface area (TPSA) is 122 Å². The summed E-state index contributed by atoms with van der Waals surface area (Å²) in [5.41, 5.74) is -0.0210. The third-order valence-electron chi connectivity index (χ3n) is 3.00. The molecule has 0 aliphatic carbocycles. The van der Waals surface area contributed by atoms with Crippen molar-refractivity contribution >= 4 is 17.3 Å². The van der Waals surface area contributed by atoms with Crippen LogP contribution in [0.1, 0.15) is 5.56 Å². The molecule has 0 bridgehead atoms. The summed E-state index contributed by atoms with van der Waals surface area (Å²) in [6.07, 6.45) is 0. The van der Waals surface area contributed by atoms with Gasteiger partial charge in [-0.25, -0.2) is 4.79 Å². The molecule has 124 valence electrons. The molecule has 0 aliphatic heterocycles. The van der Waals surface area contributed by atoms with Gasteiger partial charge < -0.3 is 9.47 Å². The van der Waals surface area contributed by atoms with Crippen LogP contribution in [0.25, 0.3) is 0 Å². The largest absolute Gasteiger partial charge is 0.475 e. The minimum absolute atomic E-state index is 0.0562. The van der Waals surface area contributed by atoms with Crippen LogP contribution in [0.3, 0.4) is 0 Å². The fourth-order valence-corrected chi connectivity index (χ4v) is 1.92. The predicted octanol–water partition coefficient (Wildman–Crippen LogP) is 2.80. The third-order valence-corrected chi connectivity index (χ3v) is 3.00. The first-order chi connectivity index (χ1) is 11.4. The van der Waals surface area contributed by atoms with Crippen molar-refractivity contribution < 1.29 is 24.1 Å². The number of hydrogen-bond acceptors (Lipinski definition) is 7. The van der Waals surface area contributed by atoms with Crippen molar-refractivity contribution in [3.8, 4) is 11.5 Å². The molecule has 0 radical (unpaired) electrons. The fraction of sp³-hybridized carbons (Fsp3) is 0.133. The molecule has 0 aromatic heterocycles. The number of benzene rings is 2. The van der Waals surface area contributed by atoms with E-state index >= 15 is 0 Å². The SMILES string of the molecule is Cc1cc(OC(=O)COc2ccccc2[N+](=O)[O-])ccc1[N+](=O)[O-]. The number of rotatable bonds is 6. The number of nitrogens with zero attached hydrogens (tertiary/aromatic N) is 2. The van der Waals surface area contributed by atoms with Crippen LogP contribution in [0.4, 0.5) is 11.4 Å². The number of nitro benzene ring substituents is 2. The van der Waals surface area contributed by atoms with E-state index in [9.17, 15) is 25.0 Å². The Bertz CT molecular complexity index is 804. The van der Waals surface area contributed by atoms with Crippen molar-refractivity contribution in [3.63, 3.8) is 0 Å². The Balaban J connectivity index is 2.01. The molecule has 0 saturated carbocycles. The third kappa shape index (κ3) is 4.03. The molecular weight excluding hydrogens is 320 g/mol. The van der Waals surface area contributed by atoms with Crippen LogP contribution in [0, 0.1) is 27.2 Å². The molecule has 2 aromatic carbocycles. The van der Waals surface area contributed by atoms with Gasteiger partial charge in [0.05, 0.1) is 9.85 Å². The van der Waals surface area contributed by atoms with E-state index in [0.717, 1.165) is 0 Å². The Hall–Kier alpha value is -3.49. The number of nitro groups is 2. The van der Waals surface area contributed by atoms with E-state index in [2.05, 4.69) is 0 Å². The van der Waals surface area contributed by atoms with Crippen molar-refractivity contribution in [1.82, 2.24) is 0 Å². The number of hydrogen-bond donors (Lipinski definition) is 0. The van der Waals surface area contributed by atoms with E-state index in [4.69, 9.17) is 9.47 Å². The molecule has 0 aliphatic rings. The molecule has 0 heterocycles. The standard InChI is InChI=1S/C15H12N2O7/c1-10-8-11(6-7-12(10)16(19)20)24-15(18)9-23-14-5-3-2-4-13(14)17(21)22/h2-8H,9H2,1H3. The smallest absolute Gasteiger partial charge is 0.349 e. The number of para-hydroxylation sites is 2. The molecule has 24 heavy (non-hydrogen) atoms. The minimum atomic E-state index is -0.790. The second kappa shape index (κ2) is 7.18. The Labute approximate surface area is 135 Å². The zero-order valence-electron chi connectivity index (χ0n) is 12.5. The molecule has 0 unspecified atom stereocenters. The van der Waals surface area contributed by atoms with Gasteiger partial charge in [-0.05, 0) is 25.1 Å². The summed E-state index contributed by atoms with van der Waals surface area (Å²) in [4.78, 5) is 32.1. The average Bonchev–Trinajstić information content (AvgIpc) is 2.52. The van der Waals surface area contributed by atoms with E-state index in [1.165, 1.54) is 49.4 Å². The molecule has 9 heteroatoms. The summed E-state index contributed by atoms with van der Waals surface area (Å²) in [5, 5.41) is 21.6. The van der Waals surface area contributed by atoms with Crippen molar-refractivity contribution in [3.05, 3.63) is 68.3 Å². The lowest BCUT2D eigenvalue weighted by Gasteiger charge is -2.07. The average molecular weight is 332 g/mol. The van der Waals surface area contributed by atoms with Gasteiger partial charge in [0.25, 0.3) is 5.69 Å². The number of aryl methyl sites for hydroxylation is 1. The second-order valence-electron chi connectivity index (χ2n) is 4.69. The van der Waals surface area contributed by atoms with Gasteiger partial charge in [-0.2, -0.15) is 0 Å². The fourth-order valence-electron chi connectivity index (χ4n) is 1.92. The van der Waals surface area contributed by atoms with Gasteiger partial charge in [0.2, 0.25) is 0 Å². The van der Waals surface area contributed by atoms with Crippen LogP contribution in [0.5, 0.6) is 11.5 Å². The van der Waals surface area contributed by atoms with Gasteiger partial charge in [-0.1, -0.05) is 12.1 Å². The highest BCUT2D eigenvalue weighted by Gasteiger charge is 2.16. The van der Waals surface area contributed by atoms with Crippen LogP contribution in [0.2, 0.25) is 0 Å². The maximum absolute atomic E-state index is 11.7. The van der Waals surface area contributed by atoms with Gasteiger partial charge >= 0.3 is 11.7 Å². The van der Waals surface area contributed by atoms with Crippen molar-refractivity contribution in [2.75, 3.05) is 6.61 Å².